The Balaban J connectivity index is 2.00. The second kappa shape index (κ2) is 7.49. The summed E-state index contributed by atoms with van der Waals surface area (Å²) in [6.07, 6.45) is -0.582. The summed E-state index contributed by atoms with van der Waals surface area (Å²) in [5, 5.41) is 12.8. The topological polar surface area (TPSA) is 58.6 Å². The molecule has 0 heterocycles. The molecule has 4 nitrogen and oxygen atoms in total. The molecule has 23 heavy (non-hydrogen) atoms. The summed E-state index contributed by atoms with van der Waals surface area (Å²) in [6.45, 7) is 5.38. The molecule has 2 aromatic carbocycles. The third-order valence-electron chi connectivity index (χ3n) is 3.41. The number of hydrogen-bond donors (Lipinski definition) is 2. The number of benzene rings is 2. The number of carbonyl (C=O) groups is 1. The molecule has 5 heteroatoms. The van der Waals surface area contributed by atoms with Crippen LogP contribution in [0.1, 0.15) is 29.7 Å². The molecular weight excluding hydrogens is 314 g/mol. The quantitative estimate of drug-likeness (QED) is 0.868. The van der Waals surface area contributed by atoms with Gasteiger partial charge in [0, 0.05) is 0 Å². The normalized spacial score (nSPS) is 11.9. The number of aryl methyl sites for hydroxylation is 2. The van der Waals surface area contributed by atoms with E-state index in [9.17, 15) is 9.90 Å². The van der Waals surface area contributed by atoms with E-state index >= 15 is 0 Å². The number of halogens is 1. The molecule has 1 atom stereocenters. The van der Waals surface area contributed by atoms with Crippen molar-refractivity contribution in [1.29, 1.82) is 0 Å². The highest BCUT2D eigenvalue weighted by Crippen LogP contribution is 2.27. The second-order valence-electron chi connectivity index (χ2n) is 5.52. The van der Waals surface area contributed by atoms with Gasteiger partial charge in [0.2, 0.25) is 0 Å². The van der Waals surface area contributed by atoms with E-state index in [4.69, 9.17) is 16.3 Å². The van der Waals surface area contributed by atoms with Crippen LogP contribution in [0.2, 0.25) is 5.02 Å². The highest BCUT2D eigenvalue weighted by atomic mass is 35.5. The highest BCUT2D eigenvalue weighted by Gasteiger charge is 2.10. The number of nitrogens with one attached hydrogen (secondary N) is 1. The molecule has 0 fully saturated rings. The summed E-state index contributed by atoms with van der Waals surface area (Å²) >= 11 is 6.17. The molecule has 0 aromatic heterocycles. The number of ether oxygens (including phenoxy) is 1. The molecule has 0 bridgehead atoms. The Morgan fingerprint density at radius 2 is 2.04 bits per heavy atom. The summed E-state index contributed by atoms with van der Waals surface area (Å²) in [4.78, 5) is 12.0. The van der Waals surface area contributed by atoms with Crippen LogP contribution in [-0.2, 0) is 4.79 Å². The number of carbonyl (C=O) groups excluding carboxylic acids is 1. The Labute approximate surface area is 141 Å². The van der Waals surface area contributed by atoms with Crippen LogP contribution in [0, 0.1) is 13.8 Å². The first kappa shape index (κ1) is 17.3. The zero-order valence-electron chi connectivity index (χ0n) is 13.4. The van der Waals surface area contributed by atoms with Crippen LogP contribution in [0.5, 0.6) is 5.75 Å². The van der Waals surface area contributed by atoms with Gasteiger partial charge < -0.3 is 15.2 Å². The molecule has 1 amide bonds. The molecule has 0 aliphatic carbocycles. The summed E-state index contributed by atoms with van der Waals surface area (Å²) in [5.74, 6) is 0.242. The molecule has 122 valence electrons. The molecule has 0 saturated carbocycles. The second-order valence-corrected chi connectivity index (χ2v) is 5.93. The van der Waals surface area contributed by atoms with Gasteiger partial charge in [0.25, 0.3) is 5.91 Å². The van der Waals surface area contributed by atoms with Gasteiger partial charge in [-0.2, -0.15) is 0 Å². The average molecular weight is 334 g/mol. The standard InChI is InChI=1S/C18H20ClNO3/c1-11-7-12(2)18(16(19)8-11)20-17(22)10-23-15-6-4-5-14(9-15)13(3)21/h4-9,13,21H,10H2,1-3H3,(H,20,22). The van der Waals surface area contributed by atoms with Crippen LogP contribution >= 0.6 is 11.6 Å². The molecule has 2 aromatic rings. The Bertz CT molecular complexity index is 690. The zero-order valence-corrected chi connectivity index (χ0v) is 14.1. The number of hydrogen-bond acceptors (Lipinski definition) is 3. The Morgan fingerprint density at radius 1 is 1.30 bits per heavy atom. The fourth-order valence-electron chi connectivity index (χ4n) is 2.26. The van der Waals surface area contributed by atoms with Gasteiger partial charge in [0.15, 0.2) is 6.61 Å². The average Bonchev–Trinajstić information content (AvgIpc) is 2.49. The fraction of sp³-hybridized carbons (Fsp3) is 0.278. The Kier molecular flexibility index (Phi) is 5.64. The van der Waals surface area contributed by atoms with Crippen molar-refractivity contribution < 1.29 is 14.6 Å². The first-order valence-electron chi connectivity index (χ1n) is 7.34. The van der Waals surface area contributed by atoms with E-state index < -0.39 is 6.10 Å². The Morgan fingerprint density at radius 3 is 2.70 bits per heavy atom. The zero-order chi connectivity index (χ0) is 17.0. The van der Waals surface area contributed by atoms with Crippen LogP contribution < -0.4 is 10.1 Å². The highest BCUT2D eigenvalue weighted by molar-refractivity contribution is 6.34. The van der Waals surface area contributed by atoms with Gasteiger partial charge in [-0.05, 0) is 55.7 Å². The largest absolute Gasteiger partial charge is 0.484 e. The van der Waals surface area contributed by atoms with E-state index in [1.54, 1.807) is 37.3 Å². The fourth-order valence-corrected chi connectivity index (χ4v) is 2.63. The lowest BCUT2D eigenvalue weighted by Gasteiger charge is -2.13. The molecule has 0 radical (unpaired) electrons. The molecule has 0 aliphatic rings. The third-order valence-corrected chi connectivity index (χ3v) is 3.70. The van der Waals surface area contributed by atoms with E-state index in [1.807, 2.05) is 19.9 Å². The van der Waals surface area contributed by atoms with Gasteiger partial charge in [-0.15, -0.1) is 0 Å². The maximum Gasteiger partial charge on any atom is 0.262 e. The lowest BCUT2D eigenvalue weighted by molar-refractivity contribution is -0.118. The molecule has 0 saturated heterocycles. The molecule has 1 unspecified atom stereocenters. The van der Waals surface area contributed by atoms with E-state index in [0.29, 0.717) is 16.5 Å². The van der Waals surface area contributed by atoms with Crippen molar-refractivity contribution in [1.82, 2.24) is 0 Å². The van der Waals surface area contributed by atoms with Crippen LogP contribution in [0.4, 0.5) is 5.69 Å². The first-order chi connectivity index (χ1) is 10.9. The summed E-state index contributed by atoms with van der Waals surface area (Å²) in [6, 6.07) is 10.8. The number of aliphatic hydroxyl groups is 1. The van der Waals surface area contributed by atoms with E-state index in [2.05, 4.69) is 5.32 Å². The van der Waals surface area contributed by atoms with Gasteiger partial charge in [0.05, 0.1) is 16.8 Å². The minimum atomic E-state index is -0.582. The molecular formula is C18H20ClNO3. The van der Waals surface area contributed by atoms with E-state index in [-0.39, 0.29) is 12.5 Å². The van der Waals surface area contributed by atoms with Crippen LogP contribution in [0.25, 0.3) is 0 Å². The maximum absolute atomic E-state index is 12.0. The first-order valence-corrected chi connectivity index (χ1v) is 7.72. The predicted octanol–water partition coefficient (Wildman–Crippen LogP) is 4.03. The summed E-state index contributed by atoms with van der Waals surface area (Å²) < 4.78 is 5.47. The molecule has 0 aliphatic heterocycles. The van der Waals surface area contributed by atoms with E-state index in [1.165, 1.54) is 0 Å². The van der Waals surface area contributed by atoms with Gasteiger partial charge in [-0.1, -0.05) is 29.8 Å². The summed E-state index contributed by atoms with van der Waals surface area (Å²) in [7, 11) is 0. The van der Waals surface area contributed by atoms with Crippen molar-refractivity contribution in [3.05, 3.63) is 58.1 Å². The lowest BCUT2D eigenvalue weighted by Crippen LogP contribution is -2.21. The molecule has 2 rings (SSSR count). The maximum atomic E-state index is 12.0. The number of rotatable bonds is 5. The minimum Gasteiger partial charge on any atom is -0.484 e. The van der Waals surface area contributed by atoms with Crippen molar-refractivity contribution in [2.45, 2.75) is 26.9 Å². The number of anilines is 1. The van der Waals surface area contributed by atoms with Gasteiger partial charge in [-0.3, -0.25) is 4.79 Å². The number of amides is 1. The van der Waals surface area contributed by atoms with Crippen molar-refractivity contribution in [3.8, 4) is 5.75 Å². The van der Waals surface area contributed by atoms with E-state index in [0.717, 1.165) is 16.7 Å². The summed E-state index contributed by atoms with van der Waals surface area (Å²) in [5.41, 5.74) is 3.28. The Hall–Kier alpha value is -2.04. The molecule has 2 N–H and O–H groups in total. The minimum absolute atomic E-state index is 0.132. The monoisotopic (exact) mass is 333 g/mol. The van der Waals surface area contributed by atoms with Crippen molar-refractivity contribution in [2.24, 2.45) is 0 Å². The van der Waals surface area contributed by atoms with Gasteiger partial charge >= 0.3 is 0 Å². The van der Waals surface area contributed by atoms with Gasteiger partial charge in [0.1, 0.15) is 5.75 Å². The van der Waals surface area contributed by atoms with Crippen LogP contribution in [-0.4, -0.2) is 17.6 Å². The van der Waals surface area contributed by atoms with Crippen molar-refractivity contribution in [2.75, 3.05) is 11.9 Å². The lowest BCUT2D eigenvalue weighted by atomic mass is 10.1. The molecule has 0 spiro atoms. The number of aliphatic hydroxyl groups excluding tert-OH is 1. The van der Waals surface area contributed by atoms with Crippen molar-refractivity contribution >= 4 is 23.2 Å². The smallest absolute Gasteiger partial charge is 0.262 e. The van der Waals surface area contributed by atoms with Crippen LogP contribution in [0.3, 0.4) is 0 Å². The predicted molar refractivity (Wildman–Crippen MR) is 92.1 cm³/mol. The SMILES string of the molecule is Cc1cc(C)c(NC(=O)COc2cccc(C(C)O)c2)c(Cl)c1. The third kappa shape index (κ3) is 4.71. The van der Waals surface area contributed by atoms with Crippen molar-refractivity contribution in [3.63, 3.8) is 0 Å². The van der Waals surface area contributed by atoms with Crippen LogP contribution in [0.15, 0.2) is 36.4 Å². The van der Waals surface area contributed by atoms with Gasteiger partial charge in [-0.25, -0.2) is 0 Å².